The summed E-state index contributed by atoms with van der Waals surface area (Å²) in [6, 6.07) is 8.25. The van der Waals surface area contributed by atoms with Gasteiger partial charge in [0.15, 0.2) is 0 Å². The molecular formula is C24H32N4O2. The average Bonchev–Trinajstić information content (AvgIpc) is 2.73. The van der Waals surface area contributed by atoms with Crippen molar-refractivity contribution in [3.05, 3.63) is 48.5 Å². The summed E-state index contributed by atoms with van der Waals surface area (Å²) >= 11 is 0. The van der Waals surface area contributed by atoms with Crippen LogP contribution >= 0.6 is 0 Å². The Morgan fingerprint density at radius 2 is 1.70 bits per heavy atom. The van der Waals surface area contributed by atoms with Crippen LogP contribution in [-0.4, -0.2) is 58.8 Å². The molecule has 1 aliphatic heterocycles. The van der Waals surface area contributed by atoms with Crippen LogP contribution in [0.5, 0.6) is 0 Å². The van der Waals surface area contributed by atoms with Crippen molar-refractivity contribution in [3.63, 3.8) is 0 Å². The molecule has 0 N–H and O–H groups in total. The predicted molar refractivity (Wildman–Crippen MR) is 118 cm³/mol. The topological polar surface area (TPSA) is 66.4 Å². The lowest BCUT2D eigenvalue weighted by Gasteiger charge is -2.43. The first-order valence-electron chi connectivity index (χ1n) is 10.5. The van der Waals surface area contributed by atoms with E-state index in [0.717, 1.165) is 16.7 Å². The van der Waals surface area contributed by atoms with Gasteiger partial charge in [-0.2, -0.15) is 0 Å². The molecule has 0 spiro atoms. The van der Waals surface area contributed by atoms with Gasteiger partial charge in [-0.05, 0) is 30.4 Å². The molecule has 160 valence electrons. The molecule has 1 aromatic heterocycles. The van der Waals surface area contributed by atoms with Crippen LogP contribution in [0, 0.1) is 10.8 Å². The van der Waals surface area contributed by atoms with Crippen LogP contribution in [-0.2, 0) is 16.0 Å². The van der Waals surface area contributed by atoms with Gasteiger partial charge in [0.2, 0.25) is 11.8 Å². The maximum absolute atomic E-state index is 13.3. The van der Waals surface area contributed by atoms with E-state index in [1.54, 1.807) is 17.3 Å². The van der Waals surface area contributed by atoms with E-state index >= 15 is 0 Å². The molecule has 1 aliphatic rings. The second kappa shape index (κ2) is 8.54. The summed E-state index contributed by atoms with van der Waals surface area (Å²) in [5.74, 6) is 0.290. The number of piperidine rings is 1. The summed E-state index contributed by atoms with van der Waals surface area (Å²) in [5.41, 5.74) is 2.21. The Kier molecular flexibility index (Phi) is 6.25. The Morgan fingerprint density at radius 3 is 2.27 bits per heavy atom. The number of nitrogens with zero attached hydrogens (tertiary/aromatic N) is 4. The van der Waals surface area contributed by atoms with Crippen molar-refractivity contribution in [2.45, 2.75) is 40.0 Å². The maximum atomic E-state index is 13.3. The van der Waals surface area contributed by atoms with Gasteiger partial charge in [-0.25, -0.2) is 9.97 Å². The van der Waals surface area contributed by atoms with Crippen molar-refractivity contribution >= 4 is 11.8 Å². The van der Waals surface area contributed by atoms with E-state index in [1.165, 1.54) is 6.33 Å². The van der Waals surface area contributed by atoms with Crippen LogP contribution in [0.4, 0.5) is 0 Å². The Balaban J connectivity index is 1.84. The molecule has 1 aromatic carbocycles. The van der Waals surface area contributed by atoms with E-state index in [0.29, 0.717) is 32.4 Å². The van der Waals surface area contributed by atoms with Gasteiger partial charge in [0.1, 0.15) is 6.33 Å². The van der Waals surface area contributed by atoms with Crippen molar-refractivity contribution in [3.8, 4) is 11.1 Å². The summed E-state index contributed by atoms with van der Waals surface area (Å²) in [4.78, 5) is 37.8. The van der Waals surface area contributed by atoms with Gasteiger partial charge in [0.25, 0.3) is 0 Å². The molecular weight excluding hydrogens is 376 g/mol. The van der Waals surface area contributed by atoms with E-state index in [9.17, 15) is 9.59 Å². The van der Waals surface area contributed by atoms with Gasteiger partial charge < -0.3 is 9.80 Å². The predicted octanol–water partition coefficient (Wildman–Crippen LogP) is 3.43. The number of likely N-dealkylation sites (tertiary alicyclic amines) is 1. The highest BCUT2D eigenvalue weighted by Crippen LogP contribution is 2.38. The van der Waals surface area contributed by atoms with E-state index in [1.807, 2.05) is 51.9 Å². The Morgan fingerprint density at radius 1 is 1.07 bits per heavy atom. The third kappa shape index (κ3) is 4.69. The normalized spacial score (nSPS) is 16.2. The fraction of sp³-hybridized carbons (Fsp3) is 0.500. The second-order valence-corrected chi connectivity index (χ2v) is 9.53. The first kappa shape index (κ1) is 21.9. The Bertz CT molecular complexity index is 895. The average molecular weight is 409 g/mol. The lowest BCUT2D eigenvalue weighted by atomic mass is 9.72. The van der Waals surface area contributed by atoms with Crippen LogP contribution in [0.1, 0.15) is 39.2 Å². The molecule has 0 bridgehead atoms. The molecule has 2 amide bonds. The zero-order chi connectivity index (χ0) is 21.9. The smallest absolute Gasteiger partial charge is 0.228 e. The SMILES string of the molecule is CN(C)C(=O)C1(Cc2cccc(-c3cncnc3)c2)CCN(C(=O)C(C)(C)C)CC1. The van der Waals surface area contributed by atoms with E-state index < -0.39 is 10.8 Å². The summed E-state index contributed by atoms with van der Waals surface area (Å²) in [5, 5.41) is 0. The Hall–Kier alpha value is -2.76. The lowest BCUT2D eigenvalue weighted by molar-refractivity contribution is -0.149. The standard InChI is InChI=1S/C24H32N4O2/c1-23(2,3)21(29)28-11-9-24(10-12-28,22(30)27(4)5)14-18-7-6-8-19(13-18)20-15-25-17-26-16-20/h6-8,13,15-17H,9-12,14H2,1-5H3. The third-order valence-corrected chi connectivity index (χ3v) is 5.87. The zero-order valence-electron chi connectivity index (χ0n) is 18.7. The highest BCUT2D eigenvalue weighted by molar-refractivity contribution is 5.84. The summed E-state index contributed by atoms with van der Waals surface area (Å²) < 4.78 is 0. The molecule has 0 saturated carbocycles. The van der Waals surface area contributed by atoms with Gasteiger partial charge in [-0.1, -0.05) is 45.0 Å². The molecule has 6 heteroatoms. The van der Waals surface area contributed by atoms with Crippen LogP contribution < -0.4 is 0 Å². The zero-order valence-corrected chi connectivity index (χ0v) is 18.7. The minimum Gasteiger partial charge on any atom is -0.348 e. The molecule has 1 fully saturated rings. The molecule has 2 aromatic rings. The molecule has 0 unspecified atom stereocenters. The van der Waals surface area contributed by atoms with Crippen LogP contribution in [0.3, 0.4) is 0 Å². The minimum atomic E-state index is -0.496. The second-order valence-electron chi connectivity index (χ2n) is 9.53. The Labute approximate surface area is 179 Å². The van der Waals surface area contributed by atoms with Gasteiger partial charge in [-0.15, -0.1) is 0 Å². The monoisotopic (exact) mass is 408 g/mol. The first-order valence-corrected chi connectivity index (χ1v) is 10.5. The summed E-state index contributed by atoms with van der Waals surface area (Å²) in [6.45, 7) is 7.06. The van der Waals surface area contributed by atoms with Crippen LogP contribution in [0.25, 0.3) is 11.1 Å². The van der Waals surface area contributed by atoms with Gasteiger partial charge in [-0.3, -0.25) is 9.59 Å². The number of carbonyl (C=O) groups excluding carboxylic acids is 2. The highest BCUT2D eigenvalue weighted by Gasteiger charge is 2.44. The highest BCUT2D eigenvalue weighted by atomic mass is 16.2. The summed E-state index contributed by atoms with van der Waals surface area (Å²) in [7, 11) is 3.63. The van der Waals surface area contributed by atoms with Crippen molar-refractivity contribution < 1.29 is 9.59 Å². The number of aromatic nitrogens is 2. The maximum Gasteiger partial charge on any atom is 0.228 e. The van der Waals surface area contributed by atoms with Crippen molar-refractivity contribution in [2.75, 3.05) is 27.2 Å². The van der Waals surface area contributed by atoms with Crippen LogP contribution in [0.15, 0.2) is 43.0 Å². The van der Waals surface area contributed by atoms with E-state index in [-0.39, 0.29) is 11.8 Å². The fourth-order valence-corrected chi connectivity index (χ4v) is 4.25. The minimum absolute atomic E-state index is 0.138. The number of hydrogen-bond donors (Lipinski definition) is 0. The molecule has 0 atom stereocenters. The third-order valence-electron chi connectivity index (χ3n) is 5.87. The number of hydrogen-bond acceptors (Lipinski definition) is 4. The van der Waals surface area contributed by atoms with E-state index in [4.69, 9.17) is 0 Å². The van der Waals surface area contributed by atoms with E-state index in [2.05, 4.69) is 22.1 Å². The number of amides is 2. The van der Waals surface area contributed by atoms with Crippen molar-refractivity contribution in [1.29, 1.82) is 0 Å². The molecule has 1 saturated heterocycles. The number of carbonyl (C=O) groups is 2. The van der Waals surface area contributed by atoms with Crippen LogP contribution in [0.2, 0.25) is 0 Å². The van der Waals surface area contributed by atoms with Crippen molar-refractivity contribution in [2.24, 2.45) is 10.8 Å². The molecule has 3 rings (SSSR count). The summed E-state index contributed by atoms with van der Waals surface area (Å²) in [6.07, 6.45) is 7.11. The molecule has 6 nitrogen and oxygen atoms in total. The molecule has 2 heterocycles. The quantitative estimate of drug-likeness (QED) is 0.777. The fourth-order valence-electron chi connectivity index (χ4n) is 4.25. The molecule has 0 radical (unpaired) electrons. The first-order chi connectivity index (χ1) is 14.1. The number of benzene rings is 1. The van der Waals surface area contributed by atoms with Crippen molar-refractivity contribution in [1.82, 2.24) is 19.8 Å². The molecule has 30 heavy (non-hydrogen) atoms. The lowest BCUT2D eigenvalue weighted by Crippen LogP contribution is -2.52. The molecule has 0 aliphatic carbocycles. The largest absolute Gasteiger partial charge is 0.348 e. The number of rotatable bonds is 4. The van der Waals surface area contributed by atoms with Gasteiger partial charge in [0.05, 0.1) is 5.41 Å². The van der Waals surface area contributed by atoms with Gasteiger partial charge >= 0.3 is 0 Å². The van der Waals surface area contributed by atoms with Gasteiger partial charge in [0, 0.05) is 50.6 Å².